The van der Waals surface area contributed by atoms with Gasteiger partial charge in [0.15, 0.2) is 0 Å². The molecule has 3 N–H and O–H groups in total. The molecule has 25 heavy (non-hydrogen) atoms. The highest BCUT2D eigenvalue weighted by molar-refractivity contribution is 5.90. The van der Waals surface area contributed by atoms with Gasteiger partial charge < -0.3 is 25.4 Å². The summed E-state index contributed by atoms with van der Waals surface area (Å²) in [5.74, 6) is -0.232. The first-order valence-electron chi connectivity index (χ1n) is 8.39. The number of methoxy groups -OCH3 is 1. The van der Waals surface area contributed by atoms with Gasteiger partial charge in [-0.05, 0) is 13.8 Å². The number of aromatic nitrogens is 2. The number of hydrogen-bond acceptors (Lipinski definition) is 6. The number of nitrogens with two attached hydrogens (primary N) is 1. The number of hydrogen-bond donors (Lipinski definition) is 2. The molecule has 9 heteroatoms. The topological polar surface area (TPSA) is 112 Å². The van der Waals surface area contributed by atoms with Crippen molar-refractivity contribution in [1.82, 2.24) is 14.7 Å². The van der Waals surface area contributed by atoms with Crippen molar-refractivity contribution in [3.05, 3.63) is 12.4 Å². The van der Waals surface area contributed by atoms with Crippen LogP contribution in [-0.2, 0) is 25.6 Å². The molecule has 1 aromatic rings. The van der Waals surface area contributed by atoms with Gasteiger partial charge in [0.2, 0.25) is 11.8 Å². The molecule has 0 aromatic carbocycles. The lowest BCUT2D eigenvalue weighted by molar-refractivity contribution is -0.144. The highest BCUT2D eigenvalue weighted by Gasteiger charge is 2.26. The van der Waals surface area contributed by atoms with Gasteiger partial charge in [0.05, 0.1) is 36.6 Å². The van der Waals surface area contributed by atoms with Crippen LogP contribution in [0.25, 0.3) is 0 Å². The molecule has 1 aromatic heterocycles. The van der Waals surface area contributed by atoms with Gasteiger partial charge in [-0.15, -0.1) is 0 Å². The first-order valence-corrected chi connectivity index (χ1v) is 8.39. The molecule has 1 aliphatic rings. The summed E-state index contributed by atoms with van der Waals surface area (Å²) in [4.78, 5) is 26.1. The Hall–Kier alpha value is -1.97. The molecule has 2 heterocycles. The second-order valence-electron chi connectivity index (χ2n) is 6.33. The van der Waals surface area contributed by atoms with Gasteiger partial charge in [0, 0.05) is 32.9 Å². The van der Waals surface area contributed by atoms with E-state index in [9.17, 15) is 9.59 Å². The van der Waals surface area contributed by atoms with Crippen LogP contribution in [0.15, 0.2) is 12.4 Å². The second-order valence-corrected chi connectivity index (χ2v) is 6.33. The maximum Gasteiger partial charge on any atom is 0.244 e. The van der Waals surface area contributed by atoms with Gasteiger partial charge in [-0.2, -0.15) is 5.10 Å². The lowest BCUT2D eigenvalue weighted by atomic mass is 10.2. The maximum absolute atomic E-state index is 12.4. The largest absolute Gasteiger partial charge is 0.380 e. The SMILES string of the molecule is COC(CN)CC(=O)Nc1cnn(CC(=O)N2CC(C)OC(C)C2)c1. The van der Waals surface area contributed by atoms with Crippen molar-refractivity contribution in [2.45, 2.75) is 45.1 Å². The monoisotopic (exact) mass is 353 g/mol. The molecule has 3 atom stereocenters. The molecular weight excluding hydrogens is 326 g/mol. The van der Waals surface area contributed by atoms with Gasteiger partial charge in [-0.3, -0.25) is 14.3 Å². The smallest absolute Gasteiger partial charge is 0.244 e. The number of anilines is 1. The van der Waals surface area contributed by atoms with Crippen molar-refractivity contribution < 1.29 is 19.1 Å². The zero-order valence-corrected chi connectivity index (χ0v) is 15.0. The summed E-state index contributed by atoms with van der Waals surface area (Å²) in [5, 5.41) is 6.85. The first-order chi connectivity index (χ1) is 11.9. The average molecular weight is 353 g/mol. The van der Waals surface area contributed by atoms with Gasteiger partial charge in [-0.1, -0.05) is 0 Å². The van der Waals surface area contributed by atoms with Crippen LogP contribution in [0.2, 0.25) is 0 Å². The van der Waals surface area contributed by atoms with E-state index in [1.165, 1.54) is 18.0 Å². The Bertz CT molecular complexity index is 577. The van der Waals surface area contributed by atoms with E-state index in [4.69, 9.17) is 15.2 Å². The van der Waals surface area contributed by atoms with Crippen molar-refractivity contribution >= 4 is 17.5 Å². The fourth-order valence-corrected chi connectivity index (χ4v) is 2.82. The number of carbonyl (C=O) groups excluding carboxylic acids is 2. The van der Waals surface area contributed by atoms with E-state index in [0.29, 0.717) is 18.8 Å². The number of nitrogens with zero attached hydrogens (tertiary/aromatic N) is 3. The zero-order valence-electron chi connectivity index (χ0n) is 15.0. The minimum absolute atomic E-state index is 0.0226. The summed E-state index contributed by atoms with van der Waals surface area (Å²) in [6, 6.07) is 0. The molecule has 1 fully saturated rings. The van der Waals surface area contributed by atoms with Crippen LogP contribution in [0, 0.1) is 0 Å². The number of amides is 2. The Morgan fingerprint density at radius 3 is 2.72 bits per heavy atom. The Balaban J connectivity index is 1.86. The van der Waals surface area contributed by atoms with Gasteiger partial charge >= 0.3 is 0 Å². The molecule has 3 unspecified atom stereocenters. The number of ether oxygens (including phenoxy) is 2. The molecule has 1 saturated heterocycles. The molecule has 140 valence electrons. The Morgan fingerprint density at radius 1 is 1.44 bits per heavy atom. The average Bonchev–Trinajstić information content (AvgIpc) is 2.98. The fraction of sp³-hybridized carbons (Fsp3) is 0.688. The predicted molar refractivity (Wildman–Crippen MR) is 91.9 cm³/mol. The second kappa shape index (κ2) is 8.93. The van der Waals surface area contributed by atoms with E-state index in [2.05, 4.69) is 10.4 Å². The lowest BCUT2D eigenvalue weighted by Crippen LogP contribution is -2.49. The third kappa shape index (κ3) is 5.80. The van der Waals surface area contributed by atoms with E-state index in [0.717, 1.165) is 0 Å². The van der Waals surface area contributed by atoms with Crippen molar-refractivity contribution in [3.8, 4) is 0 Å². The number of carbonyl (C=O) groups is 2. The first kappa shape index (κ1) is 19.4. The van der Waals surface area contributed by atoms with Crippen molar-refractivity contribution in [1.29, 1.82) is 0 Å². The van der Waals surface area contributed by atoms with Gasteiger partial charge in [0.1, 0.15) is 6.54 Å². The molecular formula is C16H27N5O4. The highest BCUT2D eigenvalue weighted by Crippen LogP contribution is 2.12. The van der Waals surface area contributed by atoms with Crippen LogP contribution in [0.4, 0.5) is 5.69 Å². The molecule has 1 aliphatic heterocycles. The maximum atomic E-state index is 12.4. The van der Waals surface area contributed by atoms with Crippen molar-refractivity contribution in [3.63, 3.8) is 0 Å². The quantitative estimate of drug-likeness (QED) is 0.703. The summed E-state index contributed by atoms with van der Waals surface area (Å²) >= 11 is 0. The van der Waals surface area contributed by atoms with E-state index in [1.807, 2.05) is 13.8 Å². The third-order valence-corrected chi connectivity index (χ3v) is 4.00. The van der Waals surface area contributed by atoms with Crippen LogP contribution >= 0.6 is 0 Å². The highest BCUT2D eigenvalue weighted by atomic mass is 16.5. The minimum Gasteiger partial charge on any atom is -0.380 e. The van der Waals surface area contributed by atoms with Crippen molar-refractivity contribution in [2.75, 3.05) is 32.1 Å². The summed E-state index contributed by atoms with van der Waals surface area (Å²) in [6.45, 7) is 5.45. The molecule has 9 nitrogen and oxygen atoms in total. The van der Waals surface area contributed by atoms with E-state index < -0.39 is 0 Å². The standard InChI is InChI=1S/C16H27N5O4/c1-11-7-20(8-12(2)25-11)16(23)10-21-9-13(6-18-21)19-15(22)4-14(5-17)24-3/h6,9,11-12,14H,4-5,7-8,10,17H2,1-3H3,(H,19,22). The Kier molecular flexibility index (Phi) is 6.91. The molecule has 0 saturated carbocycles. The molecule has 0 bridgehead atoms. The van der Waals surface area contributed by atoms with E-state index >= 15 is 0 Å². The van der Waals surface area contributed by atoms with E-state index in [1.54, 1.807) is 11.1 Å². The molecule has 0 radical (unpaired) electrons. The summed E-state index contributed by atoms with van der Waals surface area (Å²) in [7, 11) is 1.52. The summed E-state index contributed by atoms with van der Waals surface area (Å²) in [6.07, 6.45) is 3.04. The lowest BCUT2D eigenvalue weighted by Gasteiger charge is -2.35. The zero-order chi connectivity index (χ0) is 18.4. The Labute approximate surface area is 147 Å². The molecule has 0 aliphatic carbocycles. The molecule has 0 spiro atoms. The summed E-state index contributed by atoms with van der Waals surface area (Å²) in [5.41, 5.74) is 6.04. The van der Waals surface area contributed by atoms with E-state index in [-0.39, 0.29) is 49.6 Å². The van der Waals surface area contributed by atoms with Crippen LogP contribution in [0.3, 0.4) is 0 Å². The number of rotatable bonds is 7. The number of morpholine rings is 1. The summed E-state index contributed by atoms with van der Waals surface area (Å²) < 4.78 is 12.2. The van der Waals surface area contributed by atoms with Gasteiger partial charge in [0.25, 0.3) is 0 Å². The minimum atomic E-state index is -0.318. The predicted octanol–water partition coefficient (Wildman–Crippen LogP) is -0.179. The fourth-order valence-electron chi connectivity index (χ4n) is 2.82. The third-order valence-electron chi connectivity index (χ3n) is 4.00. The number of nitrogens with one attached hydrogen (secondary N) is 1. The van der Waals surface area contributed by atoms with Crippen LogP contribution in [-0.4, -0.2) is 71.6 Å². The molecule has 2 rings (SSSR count). The van der Waals surface area contributed by atoms with Crippen LogP contribution in [0.5, 0.6) is 0 Å². The normalized spacial score (nSPS) is 21.8. The van der Waals surface area contributed by atoms with Gasteiger partial charge in [-0.25, -0.2) is 0 Å². The van der Waals surface area contributed by atoms with Crippen molar-refractivity contribution in [2.24, 2.45) is 5.73 Å². The van der Waals surface area contributed by atoms with Crippen LogP contribution in [0.1, 0.15) is 20.3 Å². The van der Waals surface area contributed by atoms with Crippen LogP contribution < -0.4 is 11.1 Å². The molecule has 2 amide bonds. The Morgan fingerprint density at radius 2 is 2.12 bits per heavy atom.